The minimum Gasteiger partial charge on any atom is -0.491 e. The van der Waals surface area contributed by atoms with Crippen molar-refractivity contribution in [1.82, 2.24) is 9.78 Å². The van der Waals surface area contributed by atoms with Crippen molar-refractivity contribution in [2.24, 2.45) is 0 Å². The molecule has 2 rings (SSSR count). The maximum Gasteiger partial charge on any atom is 0.389 e. The molecule has 7 heteroatoms. The van der Waals surface area contributed by atoms with Gasteiger partial charge in [0.2, 0.25) is 0 Å². The SMILES string of the molecule is CC(C)(C)c1ccc(OCC(O)Cn2ccc([N+](=O)[O-])n2)cc1. The van der Waals surface area contributed by atoms with Gasteiger partial charge >= 0.3 is 5.82 Å². The maximum atomic E-state index is 10.6. The van der Waals surface area contributed by atoms with Crippen molar-refractivity contribution in [3.8, 4) is 5.75 Å². The second-order valence-corrected chi connectivity index (χ2v) is 6.39. The predicted molar refractivity (Wildman–Crippen MR) is 85.5 cm³/mol. The number of nitrogens with zero attached hydrogens (tertiary/aromatic N) is 3. The highest BCUT2D eigenvalue weighted by Gasteiger charge is 2.15. The van der Waals surface area contributed by atoms with Crippen molar-refractivity contribution < 1.29 is 14.8 Å². The summed E-state index contributed by atoms with van der Waals surface area (Å²) in [6.45, 7) is 6.62. The van der Waals surface area contributed by atoms with Crippen LogP contribution in [0.5, 0.6) is 5.75 Å². The lowest BCUT2D eigenvalue weighted by Gasteiger charge is -2.19. The van der Waals surface area contributed by atoms with Gasteiger partial charge < -0.3 is 20.0 Å². The minimum absolute atomic E-state index is 0.0762. The average Bonchev–Trinajstić information content (AvgIpc) is 2.93. The van der Waals surface area contributed by atoms with Crippen molar-refractivity contribution >= 4 is 5.82 Å². The Morgan fingerprint density at radius 1 is 1.30 bits per heavy atom. The van der Waals surface area contributed by atoms with E-state index in [1.54, 1.807) is 0 Å². The first-order chi connectivity index (χ1) is 10.8. The van der Waals surface area contributed by atoms with Crippen LogP contribution in [0.3, 0.4) is 0 Å². The monoisotopic (exact) mass is 319 g/mol. The third-order valence-corrected chi connectivity index (χ3v) is 3.37. The van der Waals surface area contributed by atoms with Crippen LogP contribution in [-0.4, -0.2) is 32.5 Å². The lowest BCUT2D eigenvalue weighted by atomic mass is 9.87. The second-order valence-electron chi connectivity index (χ2n) is 6.39. The van der Waals surface area contributed by atoms with Crippen molar-refractivity contribution in [1.29, 1.82) is 0 Å². The van der Waals surface area contributed by atoms with Gasteiger partial charge in [-0.1, -0.05) is 32.9 Å². The summed E-state index contributed by atoms with van der Waals surface area (Å²) in [5.74, 6) is 0.430. The Hall–Kier alpha value is -2.41. The number of aliphatic hydroxyl groups is 1. The topological polar surface area (TPSA) is 90.4 Å². The molecule has 2 aromatic rings. The van der Waals surface area contributed by atoms with E-state index in [0.29, 0.717) is 5.75 Å². The Labute approximate surface area is 134 Å². The van der Waals surface area contributed by atoms with Gasteiger partial charge in [0.25, 0.3) is 0 Å². The molecule has 0 bridgehead atoms. The third kappa shape index (κ3) is 4.79. The number of aromatic nitrogens is 2. The molecule has 0 aliphatic heterocycles. The van der Waals surface area contributed by atoms with Crippen LogP contribution in [-0.2, 0) is 12.0 Å². The highest BCUT2D eigenvalue weighted by molar-refractivity contribution is 5.31. The Morgan fingerprint density at radius 2 is 1.96 bits per heavy atom. The fourth-order valence-electron chi connectivity index (χ4n) is 2.06. The van der Waals surface area contributed by atoms with Gasteiger partial charge in [-0.05, 0) is 28.0 Å². The lowest BCUT2D eigenvalue weighted by molar-refractivity contribution is -0.389. The normalized spacial score (nSPS) is 12.9. The van der Waals surface area contributed by atoms with Crippen LogP contribution in [0.4, 0.5) is 5.82 Å². The number of aliphatic hydroxyl groups excluding tert-OH is 1. The number of benzene rings is 1. The third-order valence-electron chi connectivity index (χ3n) is 3.37. The summed E-state index contributed by atoms with van der Waals surface area (Å²) < 4.78 is 6.87. The van der Waals surface area contributed by atoms with Crippen LogP contribution < -0.4 is 4.74 Å². The molecule has 0 saturated carbocycles. The van der Waals surface area contributed by atoms with E-state index in [1.807, 2.05) is 24.3 Å². The summed E-state index contributed by atoms with van der Waals surface area (Å²) in [7, 11) is 0. The van der Waals surface area contributed by atoms with E-state index in [4.69, 9.17) is 4.74 Å². The molecular formula is C16H21N3O4. The molecule has 0 saturated heterocycles. The first-order valence-electron chi connectivity index (χ1n) is 7.35. The van der Waals surface area contributed by atoms with Gasteiger partial charge in [0, 0.05) is 0 Å². The highest BCUT2D eigenvalue weighted by atomic mass is 16.6. The van der Waals surface area contributed by atoms with Gasteiger partial charge in [0.1, 0.15) is 18.5 Å². The van der Waals surface area contributed by atoms with E-state index >= 15 is 0 Å². The van der Waals surface area contributed by atoms with E-state index in [0.717, 1.165) is 0 Å². The van der Waals surface area contributed by atoms with Crippen LogP contribution in [0.15, 0.2) is 36.5 Å². The molecule has 1 aromatic carbocycles. The number of nitro groups is 1. The summed E-state index contributed by atoms with van der Waals surface area (Å²) in [5, 5.41) is 24.2. The maximum absolute atomic E-state index is 10.6. The molecule has 7 nitrogen and oxygen atoms in total. The van der Waals surface area contributed by atoms with E-state index < -0.39 is 11.0 Å². The van der Waals surface area contributed by atoms with Crippen LogP contribution in [0, 0.1) is 10.1 Å². The van der Waals surface area contributed by atoms with E-state index in [-0.39, 0.29) is 24.4 Å². The van der Waals surface area contributed by atoms with Crippen LogP contribution in [0.25, 0.3) is 0 Å². The molecule has 0 amide bonds. The molecule has 1 atom stereocenters. The first kappa shape index (κ1) is 17.0. The van der Waals surface area contributed by atoms with Gasteiger partial charge in [0.05, 0.1) is 23.9 Å². The quantitative estimate of drug-likeness (QED) is 0.652. The fraction of sp³-hybridized carbons (Fsp3) is 0.438. The molecule has 1 N–H and O–H groups in total. The van der Waals surface area contributed by atoms with Gasteiger partial charge in [-0.25, -0.2) is 0 Å². The Kier molecular flexibility index (Phi) is 5.00. The number of rotatable bonds is 6. The molecule has 0 radical (unpaired) electrons. The Balaban J connectivity index is 1.86. The average molecular weight is 319 g/mol. The molecule has 1 heterocycles. The largest absolute Gasteiger partial charge is 0.491 e. The zero-order valence-electron chi connectivity index (χ0n) is 13.5. The molecule has 0 aliphatic rings. The van der Waals surface area contributed by atoms with Gasteiger partial charge in [-0.3, -0.25) is 0 Å². The standard InChI is InChI=1S/C16H21N3O4/c1-16(2,3)12-4-6-14(7-5-12)23-11-13(20)10-18-9-8-15(17-18)19(21)22/h4-9,13,20H,10-11H2,1-3H3. The summed E-state index contributed by atoms with van der Waals surface area (Å²) in [4.78, 5) is 9.98. The van der Waals surface area contributed by atoms with Gasteiger partial charge in [0.15, 0.2) is 0 Å². The zero-order chi connectivity index (χ0) is 17.0. The lowest BCUT2D eigenvalue weighted by Crippen LogP contribution is -2.24. The van der Waals surface area contributed by atoms with Crippen molar-refractivity contribution in [2.45, 2.75) is 38.8 Å². The Morgan fingerprint density at radius 3 is 2.48 bits per heavy atom. The van der Waals surface area contributed by atoms with E-state index in [2.05, 4.69) is 25.9 Å². The van der Waals surface area contributed by atoms with E-state index in [1.165, 1.54) is 22.5 Å². The predicted octanol–water partition coefficient (Wildman–Crippen LogP) is 2.53. The molecule has 1 unspecified atom stereocenters. The van der Waals surface area contributed by atoms with Gasteiger partial charge in [-0.15, -0.1) is 0 Å². The summed E-state index contributed by atoms with van der Waals surface area (Å²) in [5.41, 5.74) is 1.28. The molecule has 124 valence electrons. The summed E-state index contributed by atoms with van der Waals surface area (Å²) in [6, 6.07) is 9.02. The van der Waals surface area contributed by atoms with E-state index in [9.17, 15) is 15.2 Å². The second kappa shape index (κ2) is 6.78. The van der Waals surface area contributed by atoms with Gasteiger partial charge in [-0.2, -0.15) is 4.68 Å². The minimum atomic E-state index is -0.809. The van der Waals surface area contributed by atoms with Crippen LogP contribution in [0.2, 0.25) is 0 Å². The molecule has 23 heavy (non-hydrogen) atoms. The highest BCUT2D eigenvalue weighted by Crippen LogP contribution is 2.24. The molecule has 1 aromatic heterocycles. The van der Waals surface area contributed by atoms with Crippen molar-refractivity contribution in [2.75, 3.05) is 6.61 Å². The molecule has 0 aliphatic carbocycles. The van der Waals surface area contributed by atoms with Crippen molar-refractivity contribution in [3.63, 3.8) is 0 Å². The van der Waals surface area contributed by atoms with Crippen molar-refractivity contribution in [3.05, 3.63) is 52.2 Å². The fourth-order valence-corrected chi connectivity index (χ4v) is 2.06. The number of hydrogen-bond acceptors (Lipinski definition) is 5. The molecular weight excluding hydrogens is 298 g/mol. The van der Waals surface area contributed by atoms with Crippen LogP contribution in [0.1, 0.15) is 26.3 Å². The van der Waals surface area contributed by atoms with Crippen LogP contribution >= 0.6 is 0 Å². The molecule has 0 fully saturated rings. The summed E-state index contributed by atoms with van der Waals surface area (Å²) >= 11 is 0. The zero-order valence-corrected chi connectivity index (χ0v) is 13.5. The Bertz CT molecular complexity index is 659. The smallest absolute Gasteiger partial charge is 0.389 e. The molecule has 0 spiro atoms. The number of ether oxygens (including phenoxy) is 1. The summed E-state index contributed by atoms with van der Waals surface area (Å²) in [6.07, 6.45) is 0.649. The number of hydrogen-bond donors (Lipinski definition) is 1. The first-order valence-corrected chi connectivity index (χ1v) is 7.35.